The standard InChI is InChI=1S/C29H39ClO7/c1-14-11-20(36-24(33)15(14)2)23-16(3)28(34)10-8-18-17-12-22(32)27(30)9-6-7-21(31)25(27,4)19(17)13-29(35,37-23)26(18,28)5/h6-7,16-20,22-23,32,34-35H,8-13H2,1-5H3/t16-,17?,18?,19?,20?,22-,23?,25+,26+,27+,28-,29+/m1/s1. The van der Waals surface area contributed by atoms with Crippen molar-refractivity contribution in [2.75, 3.05) is 0 Å². The van der Waals surface area contributed by atoms with Crippen molar-refractivity contribution < 1.29 is 34.4 Å². The Morgan fingerprint density at radius 3 is 2.51 bits per heavy atom. The van der Waals surface area contributed by atoms with Gasteiger partial charge in [-0.3, -0.25) is 4.79 Å². The lowest BCUT2D eigenvalue weighted by molar-refractivity contribution is -0.417. The molecule has 5 unspecified atom stereocenters. The van der Waals surface area contributed by atoms with Crippen molar-refractivity contribution in [3.8, 4) is 0 Å². The fourth-order valence-corrected chi connectivity index (χ4v) is 10.1. The minimum absolute atomic E-state index is 0.102. The van der Waals surface area contributed by atoms with Gasteiger partial charge >= 0.3 is 5.97 Å². The van der Waals surface area contributed by atoms with Gasteiger partial charge < -0.3 is 24.8 Å². The van der Waals surface area contributed by atoms with E-state index in [4.69, 9.17) is 21.1 Å². The molecule has 8 heteroatoms. The van der Waals surface area contributed by atoms with Crippen LogP contribution >= 0.6 is 11.6 Å². The zero-order chi connectivity index (χ0) is 26.9. The smallest absolute Gasteiger partial charge is 0.334 e. The summed E-state index contributed by atoms with van der Waals surface area (Å²) in [5.74, 6) is -3.32. The molecule has 0 aromatic rings. The summed E-state index contributed by atoms with van der Waals surface area (Å²) < 4.78 is 12.4. The van der Waals surface area contributed by atoms with Crippen LogP contribution in [0.15, 0.2) is 23.3 Å². The third-order valence-corrected chi connectivity index (χ3v) is 13.1. The van der Waals surface area contributed by atoms with Crippen LogP contribution in [0.3, 0.4) is 0 Å². The molecule has 6 aliphatic rings. The van der Waals surface area contributed by atoms with Crippen LogP contribution in [0.4, 0.5) is 0 Å². The molecule has 0 aromatic carbocycles. The molecule has 0 spiro atoms. The van der Waals surface area contributed by atoms with Crippen LogP contribution in [0.2, 0.25) is 0 Å². The fourth-order valence-electron chi connectivity index (χ4n) is 9.71. The molecule has 1 saturated heterocycles. The zero-order valence-corrected chi connectivity index (χ0v) is 23.0. The number of hydrogen-bond acceptors (Lipinski definition) is 7. The van der Waals surface area contributed by atoms with Gasteiger partial charge in [-0.05, 0) is 63.4 Å². The van der Waals surface area contributed by atoms with Gasteiger partial charge in [0, 0.05) is 24.3 Å². The van der Waals surface area contributed by atoms with Gasteiger partial charge in [0.25, 0.3) is 0 Å². The van der Waals surface area contributed by atoms with Crippen molar-refractivity contribution >= 4 is 23.4 Å². The highest BCUT2D eigenvalue weighted by molar-refractivity contribution is 6.28. The second-order valence-corrected chi connectivity index (χ2v) is 13.9. The number of esters is 1. The van der Waals surface area contributed by atoms with E-state index in [0.717, 1.165) is 5.57 Å². The van der Waals surface area contributed by atoms with Gasteiger partial charge in [-0.15, -0.1) is 11.6 Å². The first-order chi connectivity index (χ1) is 17.2. The van der Waals surface area contributed by atoms with Gasteiger partial charge in [0.2, 0.25) is 0 Å². The van der Waals surface area contributed by atoms with E-state index in [-0.39, 0.29) is 30.0 Å². The largest absolute Gasteiger partial charge is 0.456 e. The lowest BCUT2D eigenvalue weighted by atomic mass is 9.41. The molecule has 37 heavy (non-hydrogen) atoms. The van der Waals surface area contributed by atoms with Crippen molar-refractivity contribution in [1.29, 1.82) is 0 Å². The van der Waals surface area contributed by atoms with Gasteiger partial charge in [0.1, 0.15) is 12.2 Å². The molecule has 2 aliphatic heterocycles. The monoisotopic (exact) mass is 534 g/mol. The van der Waals surface area contributed by atoms with Crippen LogP contribution in [-0.4, -0.2) is 61.6 Å². The number of halogens is 1. The van der Waals surface area contributed by atoms with E-state index in [1.54, 1.807) is 19.1 Å². The number of fused-ring (bicyclic) bond motifs is 4. The fraction of sp³-hybridized carbons (Fsp3) is 0.793. The maximum absolute atomic E-state index is 13.5. The zero-order valence-electron chi connectivity index (χ0n) is 22.3. The summed E-state index contributed by atoms with van der Waals surface area (Å²) >= 11 is 7.13. The molecule has 4 aliphatic carbocycles. The minimum Gasteiger partial charge on any atom is -0.456 e. The van der Waals surface area contributed by atoms with Crippen molar-refractivity contribution in [3.63, 3.8) is 0 Å². The lowest BCUT2D eigenvalue weighted by Gasteiger charge is -2.69. The molecule has 3 N–H and O–H groups in total. The summed E-state index contributed by atoms with van der Waals surface area (Å²) in [5, 5.41) is 36.2. The first-order valence-electron chi connectivity index (χ1n) is 13.7. The van der Waals surface area contributed by atoms with Crippen molar-refractivity contribution in [2.45, 2.75) is 108 Å². The van der Waals surface area contributed by atoms with E-state index >= 15 is 0 Å². The summed E-state index contributed by atoms with van der Waals surface area (Å²) in [7, 11) is 0. The number of alkyl halides is 1. The summed E-state index contributed by atoms with van der Waals surface area (Å²) in [6, 6.07) is 0. The summed E-state index contributed by atoms with van der Waals surface area (Å²) in [4.78, 5) is 24.9. The maximum atomic E-state index is 13.5. The SMILES string of the molecule is CC1=C(C)C(=O)OC(C2O[C@@]3(O)CC4C(C[C@@H](O)[C@@]5(Cl)CC=CC(=O)[C@]45C)C4CC[C@@](O)([C@@H]2C)[C@]43C)C1. The van der Waals surface area contributed by atoms with Gasteiger partial charge in [0.15, 0.2) is 11.6 Å². The van der Waals surface area contributed by atoms with E-state index in [9.17, 15) is 24.9 Å². The molecule has 0 amide bonds. The van der Waals surface area contributed by atoms with E-state index < -0.39 is 57.3 Å². The molecular weight excluding hydrogens is 496 g/mol. The van der Waals surface area contributed by atoms with Crippen LogP contribution in [0.5, 0.6) is 0 Å². The Hall–Kier alpha value is -1.25. The van der Waals surface area contributed by atoms with E-state index in [2.05, 4.69) is 0 Å². The third-order valence-electron chi connectivity index (χ3n) is 12.3. The first kappa shape index (κ1) is 26.0. The second-order valence-electron chi connectivity index (χ2n) is 13.2. The number of ketones is 1. The van der Waals surface area contributed by atoms with Crippen molar-refractivity contribution in [1.82, 2.24) is 0 Å². The predicted octanol–water partition coefficient (Wildman–Crippen LogP) is 3.42. The summed E-state index contributed by atoms with van der Waals surface area (Å²) in [6.07, 6.45) is 3.55. The number of ether oxygens (including phenoxy) is 2. The minimum atomic E-state index is -1.76. The summed E-state index contributed by atoms with van der Waals surface area (Å²) in [6.45, 7) is 9.31. The summed E-state index contributed by atoms with van der Waals surface area (Å²) in [5.41, 5.74) is -1.89. The highest BCUT2D eigenvalue weighted by atomic mass is 35.5. The molecule has 12 atom stereocenters. The molecule has 2 heterocycles. The molecular formula is C29H39ClO7. The Morgan fingerprint density at radius 1 is 1.14 bits per heavy atom. The van der Waals surface area contributed by atoms with Crippen LogP contribution in [0, 0.1) is 34.5 Å². The van der Waals surface area contributed by atoms with Gasteiger partial charge in [-0.25, -0.2) is 4.79 Å². The van der Waals surface area contributed by atoms with Gasteiger partial charge in [-0.1, -0.05) is 32.4 Å². The Kier molecular flexibility index (Phi) is 5.40. The number of hydrogen-bond donors (Lipinski definition) is 3. The Balaban J connectivity index is 1.45. The topological polar surface area (TPSA) is 113 Å². The molecule has 6 rings (SSSR count). The number of cyclic esters (lactones) is 1. The Morgan fingerprint density at radius 2 is 1.84 bits per heavy atom. The van der Waals surface area contributed by atoms with Gasteiger partial charge in [-0.2, -0.15) is 0 Å². The van der Waals surface area contributed by atoms with E-state index in [1.165, 1.54) is 0 Å². The van der Waals surface area contributed by atoms with Gasteiger partial charge in [0.05, 0.1) is 27.4 Å². The van der Waals surface area contributed by atoms with Crippen molar-refractivity contribution in [2.24, 2.45) is 34.5 Å². The number of carbonyl (C=O) groups excluding carboxylic acids is 2. The number of carbonyl (C=O) groups is 2. The average Bonchev–Trinajstić information content (AvgIpc) is 3.12. The Labute approximate surface area is 223 Å². The molecule has 0 aromatic heterocycles. The highest BCUT2D eigenvalue weighted by Crippen LogP contribution is 2.74. The molecule has 204 valence electrons. The number of aliphatic hydroxyl groups excluding tert-OH is 1. The van der Waals surface area contributed by atoms with Crippen LogP contribution < -0.4 is 0 Å². The Bertz CT molecular complexity index is 1130. The highest BCUT2D eigenvalue weighted by Gasteiger charge is 2.80. The van der Waals surface area contributed by atoms with Crippen LogP contribution in [-0.2, 0) is 19.1 Å². The molecule has 7 nitrogen and oxygen atoms in total. The molecule has 0 radical (unpaired) electrons. The molecule has 0 bridgehead atoms. The third kappa shape index (κ3) is 2.83. The number of aliphatic hydroxyl groups is 3. The normalized spacial score (nSPS) is 56.9. The first-order valence-corrected chi connectivity index (χ1v) is 14.1. The van der Waals surface area contributed by atoms with E-state index in [0.29, 0.717) is 37.7 Å². The quantitative estimate of drug-likeness (QED) is 0.349. The maximum Gasteiger partial charge on any atom is 0.334 e. The number of rotatable bonds is 1. The predicted molar refractivity (Wildman–Crippen MR) is 135 cm³/mol. The second kappa shape index (κ2) is 7.69. The van der Waals surface area contributed by atoms with Crippen molar-refractivity contribution in [3.05, 3.63) is 23.3 Å². The number of allylic oxidation sites excluding steroid dienone is 2. The lowest BCUT2D eigenvalue weighted by Crippen LogP contribution is -2.77. The van der Waals surface area contributed by atoms with Crippen LogP contribution in [0.1, 0.15) is 73.1 Å². The molecule has 3 saturated carbocycles. The average molecular weight is 535 g/mol. The molecule has 4 fully saturated rings. The van der Waals surface area contributed by atoms with E-state index in [1.807, 2.05) is 27.7 Å². The van der Waals surface area contributed by atoms with Crippen LogP contribution in [0.25, 0.3) is 0 Å².